The van der Waals surface area contributed by atoms with Crippen molar-refractivity contribution in [3.8, 4) is 0 Å². The lowest BCUT2D eigenvalue weighted by atomic mass is 10.1. The van der Waals surface area contributed by atoms with Gasteiger partial charge in [0.25, 0.3) is 0 Å². The number of hydrogen-bond donors (Lipinski definition) is 3. The van der Waals surface area contributed by atoms with Crippen LogP contribution in [0.15, 0.2) is 29.3 Å². The number of hydrogen-bond acceptors (Lipinski definition) is 3. The van der Waals surface area contributed by atoms with Gasteiger partial charge in [0, 0.05) is 50.4 Å². The molecule has 1 rings (SSSR count). The number of rotatable bonds is 9. The zero-order valence-corrected chi connectivity index (χ0v) is 18.0. The Hall–Kier alpha value is -2.08. The maximum Gasteiger partial charge on any atom is 0.226 e. The number of nitrogens with zero attached hydrogens (tertiary/aromatic N) is 2. The molecule has 0 aliphatic heterocycles. The minimum absolute atomic E-state index is 0.0249. The normalized spacial score (nSPS) is 12.2. The molecule has 1 amide bonds. The Kier molecular flexibility index (Phi) is 9.86. The van der Waals surface area contributed by atoms with Gasteiger partial charge in [-0.1, -0.05) is 26.0 Å². The van der Waals surface area contributed by atoms with Crippen molar-refractivity contribution < 1.29 is 4.79 Å². The Morgan fingerprint density at radius 1 is 1.00 bits per heavy atom. The van der Waals surface area contributed by atoms with Crippen LogP contribution in [0.25, 0.3) is 0 Å². The van der Waals surface area contributed by atoms with Crippen LogP contribution in [0.5, 0.6) is 0 Å². The molecule has 0 heterocycles. The summed E-state index contributed by atoms with van der Waals surface area (Å²) in [6.07, 6.45) is 0. The maximum atomic E-state index is 11.7. The van der Waals surface area contributed by atoms with Gasteiger partial charge in [0.2, 0.25) is 5.91 Å². The summed E-state index contributed by atoms with van der Waals surface area (Å²) in [7, 11) is 1.78. The molecule has 0 aliphatic carbocycles. The van der Waals surface area contributed by atoms with Gasteiger partial charge >= 0.3 is 0 Å². The van der Waals surface area contributed by atoms with E-state index in [1.807, 2.05) is 38.1 Å². The van der Waals surface area contributed by atoms with Crippen LogP contribution in [-0.4, -0.2) is 49.0 Å². The highest BCUT2D eigenvalue weighted by molar-refractivity contribution is 5.92. The van der Waals surface area contributed by atoms with Crippen molar-refractivity contribution in [3.05, 3.63) is 29.8 Å². The molecular weight excluding hydrogens is 338 g/mol. The molecule has 3 N–H and O–H groups in total. The van der Waals surface area contributed by atoms with Gasteiger partial charge in [0.15, 0.2) is 5.96 Å². The molecule has 0 aromatic heterocycles. The molecule has 0 bridgehead atoms. The summed E-state index contributed by atoms with van der Waals surface area (Å²) >= 11 is 0. The number of benzene rings is 1. The number of carbonyl (C=O) groups is 1. The van der Waals surface area contributed by atoms with Crippen molar-refractivity contribution in [3.63, 3.8) is 0 Å². The first kappa shape index (κ1) is 23.0. The molecular formula is C21H37N5O. The summed E-state index contributed by atoms with van der Waals surface area (Å²) in [6, 6.07) is 8.92. The summed E-state index contributed by atoms with van der Waals surface area (Å²) in [5.41, 5.74) is 1.95. The largest absolute Gasteiger partial charge is 0.355 e. The third kappa shape index (κ3) is 8.43. The van der Waals surface area contributed by atoms with Gasteiger partial charge in [0.05, 0.1) is 0 Å². The highest BCUT2D eigenvalue weighted by Crippen LogP contribution is 2.11. The number of amides is 1. The van der Waals surface area contributed by atoms with Crippen LogP contribution < -0.4 is 16.0 Å². The molecule has 152 valence electrons. The van der Waals surface area contributed by atoms with E-state index in [0.717, 1.165) is 30.3 Å². The molecule has 0 unspecified atom stereocenters. The number of guanidine groups is 1. The van der Waals surface area contributed by atoms with Crippen LogP contribution >= 0.6 is 0 Å². The molecule has 1 aromatic carbocycles. The monoisotopic (exact) mass is 375 g/mol. The Labute approximate surface area is 164 Å². The smallest absolute Gasteiger partial charge is 0.226 e. The van der Waals surface area contributed by atoms with Gasteiger partial charge in [0.1, 0.15) is 0 Å². The van der Waals surface area contributed by atoms with Crippen molar-refractivity contribution in [1.82, 2.24) is 15.5 Å². The van der Waals surface area contributed by atoms with Crippen LogP contribution in [0.4, 0.5) is 5.69 Å². The summed E-state index contributed by atoms with van der Waals surface area (Å²) < 4.78 is 0. The first-order valence-electron chi connectivity index (χ1n) is 9.84. The number of nitrogens with one attached hydrogen (secondary N) is 3. The Morgan fingerprint density at radius 2 is 1.59 bits per heavy atom. The summed E-state index contributed by atoms with van der Waals surface area (Å²) in [4.78, 5) is 18.5. The fraction of sp³-hybridized carbons (Fsp3) is 0.619. The Morgan fingerprint density at radius 3 is 2.07 bits per heavy atom. The quantitative estimate of drug-likeness (QED) is 0.458. The van der Waals surface area contributed by atoms with Crippen molar-refractivity contribution >= 4 is 17.6 Å². The SMILES string of the molecule is CN=C(NCCN(C(C)C)C(C)C)NCc1ccc(NC(=O)C(C)C)cc1. The number of aliphatic imine (C=N–C) groups is 1. The van der Waals surface area contributed by atoms with Gasteiger partial charge < -0.3 is 16.0 Å². The van der Waals surface area contributed by atoms with E-state index in [1.165, 1.54) is 0 Å². The highest BCUT2D eigenvalue weighted by atomic mass is 16.1. The number of carbonyl (C=O) groups excluding carboxylic acids is 1. The van der Waals surface area contributed by atoms with Gasteiger partial charge in [-0.2, -0.15) is 0 Å². The molecule has 0 saturated carbocycles. The Bertz CT molecular complexity index is 585. The molecule has 0 radical (unpaired) electrons. The third-order valence-corrected chi connectivity index (χ3v) is 4.42. The first-order chi connectivity index (χ1) is 12.7. The number of anilines is 1. The van der Waals surface area contributed by atoms with Crippen molar-refractivity contribution in [2.24, 2.45) is 10.9 Å². The highest BCUT2D eigenvalue weighted by Gasteiger charge is 2.12. The molecule has 0 fully saturated rings. The van der Waals surface area contributed by atoms with E-state index in [9.17, 15) is 4.79 Å². The molecule has 1 aromatic rings. The second kappa shape index (κ2) is 11.6. The predicted molar refractivity (Wildman–Crippen MR) is 115 cm³/mol. The van der Waals surface area contributed by atoms with Gasteiger partial charge in [-0.3, -0.25) is 14.7 Å². The lowest BCUT2D eigenvalue weighted by Gasteiger charge is -2.30. The molecule has 0 aliphatic rings. The maximum absolute atomic E-state index is 11.7. The zero-order chi connectivity index (χ0) is 20.4. The van der Waals surface area contributed by atoms with Crippen LogP contribution in [0.1, 0.15) is 47.1 Å². The third-order valence-electron chi connectivity index (χ3n) is 4.42. The lowest BCUT2D eigenvalue weighted by Crippen LogP contribution is -2.45. The van der Waals surface area contributed by atoms with Crippen molar-refractivity contribution in [2.45, 2.75) is 60.2 Å². The lowest BCUT2D eigenvalue weighted by molar-refractivity contribution is -0.118. The van der Waals surface area contributed by atoms with E-state index in [0.29, 0.717) is 18.6 Å². The van der Waals surface area contributed by atoms with E-state index in [1.54, 1.807) is 7.05 Å². The minimum atomic E-state index is -0.0249. The zero-order valence-electron chi connectivity index (χ0n) is 18.0. The van der Waals surface area contributed by atoms with E-state index < -0.39 is 0 Å². The van der Waals surface area contributed by atoms with Crippen LogP contribution in [-0.2, 0) is 11.3 Å². The fourth-order valence-electron chi connectivity index (χ4n) is 2.82. The fourth-order valence-corrected chi connectivity index (χ4v) is 2.82. The van der Waals surface area contributed by atoms with E-state index in [-0.39, 0.29) is 11.8 Å². The second-order valence-electron chi connectivity index (χ2n) is 7.62. The molecule has 27 heavy (non-hydrogen) atoms. The van der Waals surface area contributed by atoms with Gasteiger partial charge in [-0.15, -0.1) is 0 Å². The molecule has 0 atom stereocenters. The van der Waals surface area contributed by atoms with Crippen molar-refractivity contribution in [1.29, 1.82) is 0 Å². The van der Waals surface area contributed by atoms with E-state index in [2.05, 4.69) is 53.5 Å². The van der Waals surface area contributed by atoms with Gasteiger partial charge in [-0.05, 0) is 45.4 Å². The van der Waals surface area contributed by atoms with Gasteiger partial charge in [-0.25, -0.2) is 0 Å². The van der Waals surface area contributed by atoms with E-state index >= 15 is 0 Å². The summed E-state index contributed by atoms with van der Waals surface area (Å²) in [6.45, 7) is 15.1. The van der Waals surface area contributed by atoms with Crippen LogP contribution in [0.2, 0.25) is 0 Å². The predicted octanol–water partition coefficient (Wildman–Crippen LogP) is 3.06. The van der Waals surface area contributed by atoms with Crippen molar-refractivity contribution in [2.75, 3.05) is 25.5 Å². The second-order valence-corrected chi connectivity index (χ2v) is 7.62. The molecule has 6 nitrogen and oxygen atoms in total. The molecule has 0 saturated heterocycles. The summed E-state index contributed by atoms with van der Waals surface area (Å²) in [5.74, 6) is 0.796. The summed E-state index contributed by atoms with van der Waals surface area (Å²) in [5, 5.41) is 9.60. The minimum Gasteiger partial charge on any atom is -0.355 e. The first-order valence-corrected chi connectivity index (χ1v) is 9.84. The standard InChI is InChI=1S/C21H37N5O/c1-15(2)20(27)25-19-10-8-18(9-11-19)14-24-21(22-7)23-12-13-26(16(3)4)17(5)6/h8-11,15-17H,12-14H2,1-7H3,(H,25,27)(H2,22,23,24). The van der Waals surface area contributed by atoms with E-state index in [4.69, 9.17) is 0 Å². The molecule has 0 spiro atoms. The Balaban J connectivity index is 2.45. The van der Waals surface area contributed by atoms with Crippen LogP contribution in [0.3, 0.4) is 0 Å². The average molecular weight is 376 g/mol. The topological polar surface area (TPSA) is 68.8 Å². The molecule has 6 heteroatoms. The van der Waals surface area contributed by atoms with Crippen LogP contribution in [0, 0.1) is 5.92 Å². The average Bonchev–Trinajstić information content (AvgIpc) is 2.61.